The van der Waals surface area contributed by atoms with Gasteiger partial charge in [-0.1, -0.05) is 6.07 Å². The van der Waals surface area contributed by atoms with Crippen molar-refractivity contribution in [2.24, 2.45) is 0 Å². The van der Waals surface area contributed by atoms with Gasteiger partial charge < -0.3 is 10.1 Å². The number of pyridine rings is 1. The van der Waals surface area contributed by atoms with E-state index in [-0.39, 0.29) is 12.5 Å². The second kappa shape index (κ2) is 6.00. The van der Waals surface area contributed by atoms with Gasteiger partial charge in [-0.25, -0.2) is 4.98 Å². The van der Waals surface area contributed by atoms with Crippen LogP contribution in [0.5, 0.6) is 5.75 Å². The first-order chi connectivity index (χ1) is 9.15. The van der Waals surface area contributed by atoms with E-state index in [1.807, 2.05) is 44.2 Å². The molecule has 0 fully saturated rings. The maximum Gasteiger partial charge on any atom is 0.262 e. The average molecular weight is 257 g/mol. The zero-order valence-electron chi connectivity index (χ0n) is 11.1. The van der Waals surface area contributed by atoms with E-state index in [0.717, 1.165) is 11.3 Å². The Bertz CT molecular complexity index is 568. The lowest BCUT2D eigenvalue weighted by Crippen LogP contribution is -2.21. The number of hydrogen-bond donors (Lipinski definition) is 1. The Morgan fingerprint density at radius 1 is 1.26 bits per heavy atom. The number of hydrogen-bond acceptors (Lipinski definition) is 2. The molecular formula is C15H17N2O2+. The second-order valence-corrected chi connectivity index (χ2v) is 4.38. The highest BCUT2D eigenvalue weighted by Crippen LogP contribution is 2.16. The van der Waals surface area contributed by atoms with Crippen molar-refractivity contribution in [2.75, 3.05) is 11.9 Å². The van der Waals surface area contributed by atoms with Gasteiger partial charge in [-0.3, -0.25) is 4.79 Å². The maximum absolute atomic E-state index is 11.7. The molecule has 4 nitrogen and oxygen atoms in total. The molecule has 1 aromatic heterocycles. The van der Waals surface area contributed by atoms with Crippen LogP contribution in [0.25, 0.3) is 0 Å². The molecule has 0 unspecified atom stereocenters. The molecule has 4 heteroatoms. The largest absolute Gasteiger partial charge is 0.484 e. The van der Waals surface area contributed by atoms with Gasteiger partial charge in [0.15, 0.2) is 19.0 Å². The van der Waals surface area contributed by atoms with Crippen LogP contribution >= 0.6 is 0 Å². The van der Waals surface area contributed by atoms with E-state index in [4.69, 9.17) is 4.74 Å². The van der Waals surface area contributed by atoms with Crippen molar-refractivity contribution in [1.82, 2.24) is 0 Å². The number of carbonyl (C=O) groups excluding carboxylic acids is 1. The van der Waals surface area contributed by atoms with E-state index in [1.54, 1.807) is 12.4 Å². The quantitative estimate of drug-likeness (QED) is 0.912. The SMILES string of the molecule is Cc1ccc(OCC(=O)Nc2ccc[nH+]c2)cc1C. The Labute approximate surface area is 112 Å². The third-order valence-electron chi connectivity index (χ3n) is 2.84. The Morgan fingerprint density at radius 2 is 2.11 bits per heavy atom. The molecule has 1 aromatic carbocycles. The number of ether oxygens (including phenoxy) is 1. The summed E-state index contributed by atoms with van der Waals surface area (Å²) in [6.07, 6.45) is 3.50. The van der Waals surface area contributed by atoms with Gasteiger partial charge in [-0.2, -0.15) is 0 Å². The fourth-order valence-corrected chi connectivity index (χ4v) is 1.62. The van der Waals surface area contributed by atoms with Crippen LogP contribution in [0, 0.1) is 13.8 Å². The number of aryl methyl sites for hydroxylation is 2. The normalized spacial score (nSPS) is 10.0. The zero-order valence-corrected chi connectivity index (χ0v) is 11.1. The summed E-state index contributed by atoms with van der Waals surface area (Å²) in [4.78, 5) is 14.6. The lowest BCUT2D eigenvalue weighted by molar-refractivity contribution is -0.377. The molecular weight excluding hydrogens is 240 g/mol. The smallest absolute Gasteiger partial charge is 0.262 e. The van der Waals surface area contributed by atoms with Crippen LogP contribution in [0.15, 0.2) is 42.7 Å². The lowest BCUT2D eigenvalue weighted by atomic mass is 10.1. The summed E-state index contributed by atoms with van der Waals surface area (Å²) >= 11 is 0. The summed E-state index contributed by atoms with van der Waals surface area (Å²) in [5.74, 6) is 0.524. The van der Waals surface area contributed by atoms with Gasteiger partial charge >= 0.3 is 0 Å². The van der Waals surface area contributed by atoms with E-state index in [9.17, 15) is 4.79 Å². The topological polar surface area (TPSA) is 52.5 Å². The van der Waals surface area contributed by atoms with Crippen LogP contribution in [-0.4, -0.2) is 12.5 Å². The first kappa shape index (κ1) is 13.1. The highest BCUT2D eigenvalue weighted by Gasteiger charge is 2.05. The van der Waals surface area contributed by atoms with E-state index in [2.05, 4.69) is 10.3 Å². The number of carbonyl (C=O) groups is 1. The molecule has 19 heavy (non-hydrogen) atoms. The van der Waals surface area contributed by atoms with Crippen molar-refractivity contribution >= 4 is 11.6 Å². The van der Waals surface area contributed by atoms with Gasteiger partial charge in [0.1, 0.15) is 11.4 Å². The van der Waals surface area contributed by atoms with Gasteiger partial charge in [0.05, 0.1) is 0 Å². The third-order valence-corrected chi connectivity index (χ3v) is 2.84. The van der Waals surface area contributed by atoms with Crippen molar-refractivity contribution < 1.29 is 14.5 Å². The monoisotopic (exact) mass is 257 g/mol. The van der Waals surface area contributed by atoms with Gasteiger partial charge in [-0.05, 0) is 43.2 Å². The van der Waals surface area contributed by atoms with Gasteiger partial charge in [0.2, 0.25) is 0 Å². The molecule has 0 spiro atoms. The number of amides is 1. The minimum Gasteiger partial charge on any atom is -0.484 e. The fraction of sp³-hybridized carbons (Fsp3) is 0.200. The van der Waals surface area contributed by atoms with Crippen LogP contribution in [0.4, 0.5) is 5.69 Å². The van der Waals surface area contributed by atoms with Crippen molar-refractivity contribution in [3.05, 3.63) is 53.9 Å². The molecule has 2 N–H and O–H groups in total. The first-order valence-corrected chi connectivity index (χ1v) is 6.11. The van der Waals surface area contributed by atoms with Crippen LogP contribution < -0.4 is 15.0 Å². The molecule has 0 saturated carbocycles. The number of aromatic amines is 1. The molecule has 0 bridgehead atoms. The van der Waals surface area contributed by atoms with Crippen LogP contribution in [0.2, 0.25) is 0 Å². The Hall–Kier alpha value is -2.36. The van der Waals surface area contributed by atoms with E-state index in [1.165, 1.54) is 5.56 Å². The Morgan fingerprint density at radius 3 is 2.79 bits per heavy atom. The molecule has 0 aliphatic heterocycles. The summed E-state index contributed by atoms with van der Waals surface area (Å²) in [5.41, 5.74) is 3.07. The highest BCUT2D eigenvalue weighted by atomic mass is 16.5. The molecule has 0 aliphatic carbocycles. The highest BCUT2D eigenvalue weighted by molar-refractivity contribution is 5.91. The standard InChI is InChI=1S/C15H16N2O2/c1-11-5-6-14(8-12(11)2)19-10-15(18)17-13-4-3-7-16-9-13/h3-9H,10H2,1-2H3,(H,17,18)/p+1. The van der Waals surface area contributed by atoms with Crippen molar-refractivity contribution in [2.45, 2.75) is 13.8 Å². The molecule has 1 amide bonds. The predicted molar refractivity (Wildman–Crippen MR) is 73.0 cm³/mol. The van der Waals surface area contributed by atoms with Crippen LogP contribution in [-0.2, 0) is 4.79 Å². The molecule has 2 rings (SSSR count). The predicted octanol–water partition coefficient (Wildman–Crippen LogP) is 2.14. The molecule has 0 atom stereocenters. The van der Waals surface area contributed by atoms with Crippen LogP contribution in [0.3, 0.4) is 0 Å². The molecule has 2 aromatic rings. The molecule has 0 radical (unpaired) electrons. The Balaban J connectivity index is 1.88. The summed E-state index contributed by atoms with van der Waals surface area (Å²) in [7, 11) is 0. The first-order valence-electron chi connectivity index (χ1n) is 6.11. The number of nitrogens with one attached hydrogen (secondary N) is 2. The molecule has 0 aliphatic rings. The zero-order chi connectivity index (χ0) is 13.7. The minimum absolute atomic E-state index is 0.00258. The summed E-state index contributed by atoms with van der Waals surface area (Å²) in [5, 5.41) is 2.74. The van der Waals surface area contributed by atoms with Crippen molar-refractivity contribution in [3.63, 3.8) is 0 Å². The van der Waals surface area contributed by atoms with Gasteiger partial charge in [-0.15, -0.1) is 0 Å². The molecule has 1 heterocycles. The van der Waals surface area contributed by atoms with Crippen molar-refractivity contribution in [1.29, 1.82) is 0 Å². The molecule has 0 saturated heterocycles. The molecule has 98 valence electrons. The lowest BCUT2D eigenvalue weighted by Gasteiger charge is -2.08. The summed E-state index contributed by atoms with van der Waals surface area (Å²) in [6.45, 7) is 4.05. The maximum atomic E-state index is 11.7. The van der Waals surface area contributed by atoms with E-state index >= 15 is 0 Å². The summed E-state index contributed by atoms with van der Waals surface area (Å²) < 4.78 is 5.45. The minimum atomic E-state index is -0.183. The fourth-order valence-electron chi connectivity index (χ4n) is 1.62. The van der Waals surface area contributed by atoms with E-state index in [0.29, 0.717) is 5.75 Å². The van der Waals surface area contributed by atoms with Gasteiger partial charge in [0.25, 0.3) is 5.91 Å². The number of rotatable bonds is 4. The second-order valence-electron chi connectivity index (χ2n) is 4.38. The summed E-state index contributed by atoms with van der Waals surface area (Å²) in [6, 6.07) is 9.41. The number of anilines is 1. The number of benzene rings is 1. The van der Waals surface area contributed by atoms with Crippen molar-refractivity contribution in [3.8, 4) is 5.75 Å². The van der Waals surface area contributed by atoms with Gasteiger partial charge in [0, 0.05) is 6.07 Å². The number of H-pyrrole nitrogens is 1. The average Bonchev–Trinajstić information content (AvgIpc) is 2.41. The van der Waals surface area contributed by atoms with E-state index < -0.39 is 0 Å². The Kier molecular flexibility index (Phi) is 4.13. The third kappa shape index (κ3) is 3.81. The number of aromatic nitrogens is 1. The van der Waals surface area contributed by atoms with Crippen LogP contribution in [0.1, 0.15) is 11.1 Å².